The topological polar surface area (TPSA) is 47.3 Å². The van der Waals surface area contributed by atoms with Gasteiger partial charge in [0.2, 0.25) is 0 Å². The van der Waals surface area contributed by atoms with Gasteiger partial charge < -0.3 is 15.8 Å². The van der Waals surface area contributed by atoms with Crippen molar-refractivity contribution >= 4 is 5.69 Å². The molecular formula is C12H18N2O. The van der Waals surface area contributed by atoms with Gasteiger partial charge in [-0.25, -0.2) is 0 Å². The first-order valence-corrected chi connectivity index (χ1v) is 5.47. The van der Waals surface area contributed by atoms with E-state index in [1.54, 1.807) is 7.11 Å². The minimum atomic E-state index is 0.596. The maximum absolute atomic E-state index is 5.54. The Kier molecular flexibility index (Phi) is 3.11. The van der Waals surface area contributed by atoms with Crippen molar-refractivity contribution in [2.45, 2.75) is 18.8 Å². The summed E-state index contributed by atoms with van der Waals surface area (Å²) in [6.07, 6.45) is 2.24. The van der Waals surface area contributed by atoms with Crippen molar-refractivity contribution in [1.82, 2.24) is 0 Å². The van der Waals surface area contributed by atoms with Crippen LogP contribution in [0, 0.1) is 0 Å². The molecule has 1 atom stereocenters. The van der Waals surface area contributed by atoms with Gasteiger partial charge in [-0.05, 0) is 31.0 Å². The summed E-state index contributed by atoms with van der Waals surface area (Å²) in [7, 11) is 1.71. The van der Waals surface area contributed by atoms with Crippen molar-refractivity contribution < 1.29 is 4.74 Å². The minimum Gasteiger partial charge on any atom is -0.495 e. The van der Waals surface area contributed by atoms with Crippen LogP contribution < -0.4 is 15.8 Å². The van der Waals surface area contributed by atoms with Crippen molar-refractivity contribution in [1.29, 1.82) is 0 Å². The smallest absolute Gasteiger partial charge is 0.142 e. The van der Waals surface area contributed by atoms with Gasteiger partial charge in [0.25, 0.3) is 0 Å². The molecule has 0 fully saturated rings. The molecule has 1 unspecified atom stereocenters. The van der Waals surface area contributed by atoms with E-state index >= 15 is 0 Å². The average molecular weight is 206 g/mol. The third-order valence-corrected chi connectivity index (χ3v) is 3.00. The normalized spacial score (nSPS) is 18.4. The van der Waals surface area contributed by atoms with Gasteiger partial charge in [0.1, 0.15) is 5.75 Å². The molecule has 2 rings (SSSR count). The molecular weight excluding hydrogens is 188 g/mol. The molecule has 3 nitrogen and oxygen atoms in total. The first-order chi connectivity index (χ1) is 7.36. The summed E-state index contributed by atoms with van der Waals surface area (Å²) in [6, 6.07) is 6.23. The van der Waals surface area contributed by atoms with Gasteiger partial charge in [-0.1, -0.05) is 12.1 Å². The Morgan fingerprint density at radius 2 is 2.40 bits per heavy atom. The fourth-order valence-corrected chi connectivity index (χ4v) is 2.20. The Morgan fingerprint density at radius 3 is 3.13 bits per heavy atom. The minimum absolute atomic E-state index is 0.596. The van der Waals surface area contributed by atoms with Crippen LogP contribution in [0.1, 0.15) is 24.3 Å². The quantitative estimate of drug-likeness (QED) is 0.791. The van der Waals surface area contributed by atoms with E-state index < -0.39 is 0 Å². The summed E-state index contributed by atoms with van der Waals surface area (Å²) in [4.78, 5) is 0. The van der Waals surface area contributed by atoms with Crippen LogP contribution in [0.3, 0.4) is 0 Å². The fourth-order valence-electron chi connectivity index (χ4n) is 2.20. The Labute approximate surface area is 90.6 Å². The molecule has 0 radical (unpaired) electrons. The number of nitrogens with two attached hydrogens (primary N) is 1. The Bertz CT molecular complexity index is 338. The number of rotatable bonds is 4. The molecule has 0 amide bonds. The lowest BCUT2D eigenvalue weighted by molar-refractivity contribution is 0.416. The first kappa shape index (κ1) is 10.3. The maximum Gasteiger partial charge on any atom is 0.142 e. The molecule has 15 heavy (non-hydrogen) atoms. The number of fused-ring (bicyclic) bond motifs is 1. The van der Waals surface area contributed by atoms with Gasteiger partial charge >= 0.3 is 0 Å². The molecule has 0 saturated carbocycles. The molecule has 1 aromatic carbocycles. The molecule has 0 aromatic heterocycles. The van der Waals surface area contributed by atoms with Crippen LogP contribution in [-0.4, -0.2) is 20.2 Å². The van der Waals surface area contributed by atoms with Crippen LogP contribution >= 0.6 is 0 Å². The monoisotopic (exact) mass is 206 g/mol. The van der Waals surface area contributed by atoms with Gasteiger partial charge in [0, 0.05) is 12.5 Å². The number of hydrogen-bond acceptors (Lipinski definition) is 3. The summed E-state index contributed by atoms with van der Waals surface area (Å²) in [6.45, 7) is 1.78. The zero-order chi connectivity index (χ0) is 10.7. The van der Waals surface area contributed by atoms with Gasteiger partial charge in [-0.2, -0.15) is 0 Å². The largest absolute Gasteiger partial charge is 0.495 e. The SMILES string of the molecule is COc1cccc2c1NCC2CCCN. The third-order valence-electron chi connectivity index (χ3n) is 3.00. The highest BCUT2D eigenvalue weighted by Gasteiger charge is 2.23. The second-order valence-electron chi connectivity index (χ2n) is 3.93. The predicted molar refractivity (Wildman–Crippen MR) is 62.5 cm³/mol. The fraction of sp³-hybridized carbons (Fsp3) is 0.500. The van der Waals surface area contributed by atoms with Crippen LogP contribution in [0.15, 0.2) is 18.2 Å². The van der Waals surface area contributed by atoms with Crippen molar-refractivity contribution in [3.05, 3.63) is 23.8 Å². The molecule has 0 bridgehead atoms. The molecule has 1 aliphatic rings. The van der Waals surface area contributed by atoms with E-state index in [9.17, 15) is 0 Å². The number of hydrogen-bond donors (Lipinski definition) is 2. The van der Waals surface area contributed by atoms with E-state index in [-0.39, 0.29) is 0 Å². The molecule has 1 heterocycles. The van der Waals surface area contributed by atoms with Crippen molar-refractivity contribution in [3.8, 4) is 5.75 Å². The van der Waals surface area contributed by atoms with Gasteiger partial charge in [-0.15, -0.1) is 0 Å². The summed E-state index contributed by atoms with van der Waals surface area (Å²) in [5, 5.41) is 3.41. The van der Waals surface area contributed by atoms with Crippen LogP contribution in [0.4, 0.5) is 5.69 Å². The van der Waals surface area contributed by atoms with Crippen LogP contribution in [-0.2, 0) is 0 Å². The second-order valence-corrected chi connectivity index (χ2v) is 3.93. The molecule has 0 saturated heterocycles. The lowest BCUT2D eigenvalue weighted by atomic mass is 9.96. The summed E-state index contributed by atoms with van der Waals surface area (Å²) in [5.74, 6) is 1.54. The first-order valence-electron chi connectivity index (χ1n) is 5.47. The van der Waals surface area contributed by atoms with E-state index in [0.717, 1.165) is 31.7 Å². The highest BCUT2D eigenvalue weighted by atomic mass is 16.5. The highest BCUT2D eigenvalue weighted by Crippen LogP contribution is 2.40. The van der Waals surface area contributed by atoms with Gasteiger partial charge in [0.15, 0.2) is 0 Å². The summed E-state index contributed by atoms with van der Waals surface area (Å²) in [5.41, 5.74) is 8.08. The maximum atomic E-state index is 5.54. The average Bonchev–Trinajstić information content (AvgIpc) is 2.69. The molecule has 82 valence electrons. The molecule has 1 aromatic rings. The van der Waals surface area contributed by atoms with Crippen LogP contribution in [0.2, 0.25) is 0 Å². The zero-order valence-corrected chi connectivity index (χ0v) is 9.12. The van der Waals surface area contributed by atoms with Crippen LogP contribution in [0.25, 0.3) is 0 Å². The summed E-state index contributed by atoms with van der Waals surface area (Å²) < 4.78 is 5.32. The standard InChI is InChI=1S/C12H18N2O/c1-15-11-6-2-5-10-9(4-3-7-13)8-14-12(10)11/h2,5-6,9,14H,3-4,7-8,13H2,1H3. The number of nitrogens with one attached hydrogen (secondary N) is 1. The van der Waals surface area contributed by atoms with Gasteiger partial charge in [0.05, 0.1) is 12.8 Å². The lowest BCUT2D eigenvalue weighted by Crippen LogP contribution is -2.06. The number of benzene rings is 1. The number of ether oxygens (including phenoxy) is 1. The van der Waals surface area contributed by atoms with E-state index in [0.29, 0.717) is 5.92 Å². The molecule has 3 N–H and O–H groups in total. The second kappa shape index (κ2) is 4.53. The number of para-hydroxylation sites is 1. The van der Waals surface area contributed by atoms with E-state index in [1.807, 2.05) is 6.07 Å². The third kappa shape index (κ3) is 1.92. The highest BCUT2D eigenvalue weighted by molar-refractivity contribution is 5.66. The van der Waals surface area contributed by atoms with Gasteiger partial charge in [-0.3, -0.25) is 0 Å². The number of anilines is 1. The predicted octanol–water partition coefficient (Wildman–Crippen LogP) is 1.94. The van der Waals surface area contributed by atoms with Crippen molar-refractivity contribution in [2.24, 2.45) is 5.73 Å². The molecule has 0 spiro atoms. The van der Waals surface area contributed by atoms with Crippen molar-refractivity contribution in [2.75, 3.05) is 25.5 Å². The Balaban J connectivity index is 2.19. The number of methoxy groups -OCH3 is 1. The summed E-state index contributed by atoms with van der Waals surface area (Å²) >= 11 is 0. The van der Waals surface area contributed by atoms with Crippen LogP contribution in [0.5, 0.6) is 5.75 Å². The van der Waals surface area contributed by atoms with E-state index in [4.69, 9.17) is 10.5 Å². The molecule has 0 aliphatic carbocycles. The van der Waals surface area contributed by atoms with E-state index in [2.05, 4.69) is 17.4 Å². The Hall–Kier alpha value is -1.22. The molecule has 1 aliphatic heterocycles. The van der Waals surface area contributed by atoms with Crippen molar-refractivity contribution in [3.63, 3.8) is 0 Å². The van der Waals surface area contributed by atoms with E-state index in [1.165, 1.54) is 11.3 Å². The lowest BCUT2D eigenvalue weighted by Gasteiger charge is -2.09. The Morgan fingerprint density at radius 1 is 1.53 bits per heavy atom. The zero-order valence-electron chi connectivity index (χ0n) is 9.12. The molecule has 3 heteroatoms.